The summed E-state index contributed by atoms with van der Waals surface area (Å²) in [5, 5.41) is 7.42. The Kier molecular flexibility index (Phi) is 2.33. The zero-order valence-corrected chi connectivity index (χ0v) is 9.71. The summed E-state index contributed by atoms with van der Waals surface area (Å²) < 4.78 is 5.72. The number of nitrogens with two attached hydrogens (primary N) is 1. The van der Waals surface area contributed by atoms with E-state index >= 15 is 0 Å². The van der Waals surface area contributed by atoms with Crippen LogP contribution in [0.1, 0.15) is 5.56 Å². The van der Waals surface area contributed by atoms with Crippen LogP contribution in [0.2, 0.25) is 0 Å². The number of ether oxygens (including phenoxy) is 1. The lowest BCUT2D eigenvalue weighted by Crippen LogP contribution is -1.93. The number of fused-ring (bicyclic) bond motifs is 1. The maximum absolute atomic E-state index is 5.76. The summed E-state index contributed by atoms with van der Waals surface area (Å²) in [6.07, 6.45) is 3.06. The fourth-order valence-corrected chi connectivity index (χ4v) is 1.65. The van der Waals surface area contributed by atoms with Gasteiger partial charge in [0, 0.05) is 5.69 Å². The van der Waals surface area contributed by atoms with Crippen molar-refractivity contribution in [2.75, 3.05) is 5.73 Å². The van der Waals surface area contributed by atoms with E-state index in [0.717, 1.165) is 16.6 Å². The van der Waals surface area contributed by atoms with E-state index in [1.807, 2.05) is 13.0 Å². The van der Waals surface area contributed by atoms with Crippen molar-refractivity contribution in [3.63, 3.8) is 0 Å². The molecule has 0 atom stereocenters. The number of anilines is 1. The predicted molar refractivity (Wildman–Crippen MR) is 67.3 cm³/mol. The lowest BCUT2D eigenvalue weighted by molar-refractivity contribution is 0.468. The molecule has 0 amide bonds. The minimum Gasteiger partial charge on any atom is -0.438 e. The van der Waals surface area contributed by atoms with E-state index in [1.165, 1.54) is 6.33 Å². The Labute approximate surface area is 103 Å². The Balaban J connectivity index is 2.01. The number of hydrogen-bond acceptors (Lipinski definition) is 5. The van der Waals surface area contributed by atoms with Crippen LogP contribution < -0.4 is 10.5 Å². The molecule has 0 spiro atoms. The van der Waals surface area contributed by atoms with Crippen LogP contribution in [-0.4, -0.2) is 20.2 Å². The Morgan fingerprint density at radius 3 is 3.00 bits per heavy atom. The first-order valence-corrected chi connectivity index (χ1v) is 5.42. The summed E-state index contributed by atoms with van der Waals surface area (Å²) in [5.74, 6) is 1.15. The van der Waals surface area contributed by atoms with Crippen LogP contribution in [0.4, 0.5) is 5.69 Å². The van der Waals surface area contributed by atoms with Crippen molar-refractivity contribution < 1.29 is 4.74 Å². The van der Waals surface area contributed by atoms with Gasteiger partial charge in [0.05, 0.1) is 6.20 Å². The van der Waals surface area contributed by atoms with E-state index in [-0.39, 0.29) is 0 Å². The maximum atomic E-state index is 5.76. The monoisotopic (exact) mass is 241 g/mol. The fraction of sp³-hybridized carbons (Fsp3) is 0.0833. The van der Waals surface area contributed by atoms with E-state index in [1.54, 1.807) is 18.3 Å². The third-order valence-electron chi connectivity index (χ3n) is 2.67. The van der Waals surface area contributed by atoms with Gasteiger partial charge in [-0.05, 0) is 30.7 Å². The minimum absolute atomic E-state index is 0.470. The Bertz CT molecular complexity index is 707. The number of aromatic nitrogens is 4. The lowest BCUT2D eigenvalue weighted by atomic mass is 10.2. The molecule has 0 saturated heterocycles. The summed E-state index contributed by atoms with van der Waals surface area (Å²) in [6, 6.07) is 5.47. The largest absolute Gasteiger partial charge is 0.438 e. The van der Waals surface area contributed by atoms with Crippen LogP contribution >= 0.6 is 0 Å². The molecule has 0 saturated carbocycles. The number of benzene rings is 1. The van der Waals surface area contributed by atoms with Gasteiger partial charge in [-0.15, -0.1) is 0 Å². The topological polar surface area (TPSA) is 89.7 Å². The zero-order valence-electron chi connectivity index (χ0n) is 9.71. The first kappa shape index (κ1) is 10.5. The molecule has 6 nitrogen and oxygen atoms in total. The van der Waals surface area contributed by atoms with E-state index in [2.05, 4.69) is 20.2 Å². The van der Waals surface area contributed by atoms with Gasteiger partial charge in [-0.2, -0.15) is 5.10 Å². The summed E-state index contributed by atoms with van der Waals surface area (Å²) in [7, 11) is 0. The van der Waals surface area contributed by atoms with Crippen molar-refractivity contribution in [1.82, 2.24) is 20.2 Å². The molecule has 3 aromatic rings. The van der Waals surface area contributed by atoms with Crippen molar-refractivity contribution in [2.24, 2.45) is 0 Å². The Morgan fingerprint density at radius 2 is 2.17 bits per heavy atom. The van der Waals surface area contributed by atoms with Crippen molar-refractivity contribution >= 4 is 16.7 Å². The molecule has 0 aliphatic carbocycles. The molecule has 0 fully saturated rings. The highest BCUT2D eigenvalue weighted by Gasteiger charge is 2.08. The van der Waals surface area contributed by atoms with Gasteiger partial charge in [0.15, 0.2) is 5.65 Å². The van der Waals surface area contributed by atoms with Gasteiger partial charge in [0.1, 0.15) is 17.5 Å². The number of aromatic amines is 1. The summed E-state index contributed by atoms with van der Waals surface area (Å²) >= 11 is 0. The maximum Gasteiger partial charge on any atom is 0.233 e. The SMILES string of the molecule is Cc1cc(Oc2ncnc3[nH]ncc23)ccc1N. The third kappa shape index (κ3) is 1.73. The van der Waals surface area contributed by atoms with Crippen molar-refractivity contribution in [3.8, 4) is 11.6 Å². The molecule has 0 aliphatic heterocycles. The minimum atomic E-state index is 0.470. The highest BCUT2D eigenvalue weighted by atomic mass is 16.5. The molecular weight excluding hydrogens is 230 g/mol. The molecule has 2 heterocycles. The van der Waals surface area contributed by atoms with Gasteiger partial charge < -0.3 is 10.5 Å². The molecule has 0 radical (unpaired) electrons. The molecule has 3 rings (SSSR count). The number of aryl methyl sites for hydroxylation is 1. The first-order valence-electron chi connectivity index (χ1n) is 5.42. The van der Waals surface area contributed by atoms with Crippen molar-refractivity contribution in [1.29, 1.82) is 0 Å². The second-order valence-electron chi connectivity index (χ2n) is 3.93. The van der Waals surface area contributed by atoms with Crippen LogP contribution in [0.15, 0.2) is 30.7 Å². The van der Waals surface area contributed by atoms with Gasteiger partial charge in [-0.3, -0.25) is 5.10 Å². The van der Waals surface area contributed by atoms with Gasteiger partial charge in [0.2, 0.25) is 5.88 Å². The number of H-pyrrole nitrogens is 1. The fourth-order valence-electron chi connectivity index (χ4n) is 1.65. The summed E-state index contributed by atoms with van der Waals surface area (Å²) in [4.78, 5) is 8.15. The van der Waals surface area contributed by atoms with Crippen molar-refractivity contribution in [3.05, 3.63) is 36.3 Å². The van der Waals surface area contributed by atoms with Gasteiger partial charge in [-0.1, -0.05) is 0 Å². The molecule has 0 aliphatic rings. The molecule has 6 heteroatoms. The van der Waals surface area contributed by atoms with Crippen molar-refractivity contribution in [2.45, 2.75) is 6.92 Å². The Hall–Kier alpha value is -2.63. The molecule has 18 heavy (non-hydrogen) atoms. The van der Waals surface area contributed by atoms with Gasteiger partial charge in [-0.25, -0.2) is 9.97 Å². The van der Waals surface area contributed by atoms with E-state index in [0.29, 0.717) is 17.3 Å². The molecule has 90 valence electrons. The lowest BCUT2D eigenvalue weighted by Gasteiger charge is -2.07. The number of nitrogens with zero attached hydrogens (tertiary/aromatic N) is 3. The quantitative estimate of drug-likeness (QED) is 0.670. The number of hydrogen-bond donors (Lipinski definition) is 2. The van der Waals surface area contributed by atoms with Crippen LogP contribution in [0.3, 0.4) is 0 Å². The predicted octanol–water partition coefficient (Wildman–Crippen LogP) is 2.04. The molecule has 0 bridgehead atoms. The second-order valence-corrected chi connectivity index (χ2v) is 3.93. The van der Waals surface area contributed by atoms with E-state index in [4.69, 9.17) is 10.5 Å². The highest BCUT2D eigenvalue weighted by molar-refractivity contribution is 5.79. The molecule has 3 N–H and O–H groups in total. The van der Waals surface area contributed by atoms with Gasteiger partial charge >= 0.3 is 0 Å². The number of rotatable bonds is 2. The molecular formula is C12H11N5O. The smallest absolute Gasteiger partial charge is 0.233 e. The van der Waals surface area contributed by atoms with E-state index < -0.39 is 0 Å². The summed E-state index contributed by atoms with van der Waals surface area (Å²) in [6.45, 7) is 1.93. The summed E-state index contributed by atoms with van der Waals surface area (Å²) in [5.41, 5.74) is 8.10. The Morgan fingerprint density at radius 1 is 1.28 bits per heavy atom. The molecule has 1 aromatic carbocycles. The van der Waals surface area contributed by atoms with E-state index in [9.17, 15) is 0 Å². The van der Waals surface area contributed by atoms with Crippen LogP contribution in [0.5, 0.6) is 11.6 Å². The van der Waals surface area contributed by atoms with Crippen LogP contribution in [0.25, 0.3) is 11.0 Å². The molecule has 0 unspecified atom stereocenters. The standard InChI is InChI=1S/C12H11N5O/c1-7-4-8(2-3-10(7)13)18-12-9-5-16-17-11(9)14-6-15-12/h2-6H,13H2,1H3,(H,14,15,16,17). The zero-order chi connectivity index (χ0) is 12.5. The first-order chi connectivity index (χ1) is 8.74. The average Bonchev–Trinajstić information content (AvgIpc) is 2.83. The third-order valence-corrected chi connectivity index (χ3v) is 2.67. The second kappa shape index (κ2) is 3.99. The van der Waals surface area contributed by atoms with Crippen LogP contribution in [-0.2, 0) is 0 Å². The highest BCUT2D eigenvalue weighted by Crippen LogP contribution is 2.27. The van der Waals surface area contributed by atoms with Crippen LogP contribution in [0, 0.1) is 6.92 Å². The number of nitrogen functional groups attached to an aromatic ring is 1. The number of nitrogens with one attached hydrogen (secondary N) is 1. The molecule has 2 aromatic heterocycles. The average molecular weight is 241 g/mol. The normalized spacial score (nSPS) is 10.7. The van der Waals surface area contributed by atoms with Gasteiger partial charge in [0.25, 0.3) is 0 Å².